The lowest BCUT2D eigenvalue weighted by Gasteiger charge is -2.17. The minimum Gasteiger partial charge on any atom is -0.357 e. The molecule has 3 rings (SSSR count). The van der Waals surface area contributed by atoms with Crippen LogP contribution in [0.25, 0.3) is 0 Å². The Morgan fingerprint density at radius 2 is 1.89 bits per heavy atom. The summed E-state index contributed by atoms with van der Waals surface area (Å²) in [6, 6.07) is 4.22. The van der Waals surface area contributed by atoms with E-state index in [0.717, 1.165) is 30.6 Å². The van der Waals surface area contributed by atoms with Crippen LogP contribution in [0, 0.1) is 13.8 Å². The van der Waals surface area contributed by atoms with E-state index >= 15 is 0 Å². The third kappa shape index (κ3) is 5.33. The van der Waals surface area contributed by atoms with E-state index in [4.69, 9.17) is 0 Å². The molecule has 0 aliphatic carbocycles. The lowest BCUT2D eigenvalue weighted by Crippen LogP contribution is -2.36. The molecule has 3 heterocycles. The molecule has 7 nitrogen and oxygen atoms in total. The average Bonchev–Trinajstić information content (AvgIpc) is 3.26. The molecule has 0 bridgehead atoms. The Morgan fingerprint density at radius 3 is 2.52 bits per heavy atom. The smallest absolute Gasteiger partial charge is 0.191 e. The predicted molar refractivity (Wildman–Crippen MR) is 121 cm³/mol. The number of aryl methyl sites for hydroxylation is 2. The molecule has 8 heteroatoms. The molecule has 0 atom stereocenters. The summed E-state index contributed by atoms with van der Waals surface area (Å²) in [5, 5.41) is 11.2. The number of anilines is 1. The van der Waals surface area contributed by atoms with Gasteiger partial charge in [0.25, 0.3) is 0 Å². The Morgan fingerprint density at radius 1 is 1.19 bits per heavy atom. The Balaban J connectivity index is 0.00000261. The van der Waals surface area contributed by atoms with Crippen molar-refractivity contribution in [2.24, 2.45) is 12.0 Å². The fourth-order valence-electron chi connectivity index (χ4n) is 3.34. The number of nitrogens with zero attached hydrogens (tertiary/aromatic N) is 5. The van der Waals surface area contributed by atoms with E-state index < -0.39 is 0 Å². The molecule has 0 aromatic carbocycles. The lowest BCUT2D eigenvalue weighted by molar-refractivity contribution is 0.728. The largest absolute Gasteiger partial charge is 0.357 e. The van der Waals surface area contributed by atoms with E-state index in [0.29, 0.717) is 13.1 Å². The van der Waals surface area contributed by atoms with Gasteiger partial charge in [0, 0.05) is 57.7 Å². The van der Waals surface area contributed by atoms with E-state index in [1.807, 2.05) is 24.9 Å². The van der Waals surface area contributed by atoms with Crippen LogP contribution in [0.5, 0.6) is 0 Å². The number of hydrogen-bond donors (Lipinski definition) is 2. The molecule has 1 fully saturated rings. The number of hydrogen-bond acceptors (Lipinski definition) is 4. The minimum atomic E-state index is 0. The van der Waals surface area contributed by atoms with Crippen molar-refractivity contribution in [1.29, 1.82) is 0 Å². The highest BCUT2D eigenvalue weighted by Crippen LogP contribution is 2.18. The Kier molecular flexibility index (Phi) is 7.88. The van der Waals surface area contributed by atoms with Gasteiger partial charge in [-0.1, -0.05) is 0 Å². The maximum Gasteiger partial charge on any atom is 0.191 e. The summed E-state index contributed by atoms with van der Waals surface area (Å²) >= 11 is 0. The van der Waals surface area contributed by atoms with Crippen LogP contribution in [-0.4, -0.2) is 40.9 Å². The third-order valence-corrected chi connectivity index (χ3v) is 5.02. The first-order valence-electron chi connectivity index (χ1n) is 9.22. The molecule has 0 spiro atoms. The third-order valence-electron chi connectivity index (χ3n) is 5.02. The Hall–Kier alpha value is -1.84. The quantitative estimate of drug-likeness (QED) is 0.389. The highest BCUT2D eigenvalue weighted by atomic mass is 127. The molecule has 0 saturated carbocycles. The maximum atomic E-state index is 4.51. The van der Waals surface area contributed by atoms with Crippen LogP contribution < -0.4 is 15.5 Å². The van der Waals surface area contributed by atoms with Crippen LogP contribution in [0.1, 0.15) is 35.4 Å². The Labute approximate surface area is 178 Å². The van der Waals surface area contributed by atoms with Crippen molar-refractivity contribution >= 4 is 35.8 Å². The SMILES string of the molecule is CN=C(NCc1ccnc(N2CCCC2)c1)NCc1c(C)nn(C)c1C.I. The molecular weight excluding hydrogens is 453 g/mol. The van der Waals surface area contributed by atoms with Crippen LogP contribution in [0.15, 0.2) is 23.3 Å². The van der Waals surface area contributed by atoms with Crippen molar-refractivity contribution in [3.05, 3.63) is 40.8 Å². The number of nitrogens with one attached hydrogen (secondary N) is 2. The first-order chi connectivity index (χ1) is 12.6. The predicted octanol–water partition coefficient (Wildman–Crippen LogP) is 2.52. The molecule has 2 N–H and O–H groups in total. The normalized spacial score (nSPS) is 14.2. The van der Waals surface area contributed by atoms with Crippen molar-refractivity contribution in [3.63, 3.8) is 0 Å². The summed E-state index contributed by atoms with van der Waals surface area (Å²) in [6.45, 7) is 7.77. The number of guanidine groups is 1. The fraction of sp³-hybridized carbons (Fsp3) is 0.526. The van der Waals surface area contributed by atoms with Crippen molar-refractivity contribution in [2.45, 2.75) is 39.8 Å². The summed E-state index contributed by atoms with van der Waals surface area (Å²) < 4.78 is 1.92. The first kappa shape index (κ1) is 21.5. The summed E-state index contributed by atoms with van der Waals surface area (Å²) in [7, 11) is 3.76. The molecule has 0 radical (unpaired) electrons. The second kappa shape index (κ2) is 9.91. The van der Waals surface area contributed by atoms with Crippen LogP contribution in [0.4, 0.5) is 5.82 Å². The molecule has 1 aliphatic heterocycles. The van der Waals surface area contributed by atoms with Gasteiger partial charge >= 0.3 is 0 Å². The molecule has 1 aliphatic rings. The topological polar surface area (TPSA) is 70.4 Å². The number of halogens is 1. The number of aromatic nitrogens is 3. The van der Waals surface area contributed by atoms with Gasteiger partial charge in [0.15, 0.2) is 5.96 Å². The van der Waals surface area contributed by atoms with E-state index in [-0.39, 0.29) is 24.0 Å². The number of aliphatic imine (C=N–C) groups is 1. The summed E-state index contributed by atoms with van der Waals surface area (Å²) in [4.78, 5) is 11.2. The van der Waals surface area contributed by atoms with Gasteiger partial charge in [-0.25, -0.2) is 4.98 Å². The zero-order valence-electron chi connectivity index (χ0n) is 16.6. The second-order valence-electron chi connectivity index (χ2n) is 6.77. The van der Waals surface area contributed by atoms with Gasteiger partial charge in [0.2, 0.25) is 0 Å². The Bertz CT molecular complexity index is 778. The molecule has 2 aromatic heterocycles. The molecule has 0 unspecified atom stereocenters. The second-order valence-corrected chi connectivity index (χ2v) is 6.77. The van der Waals surface area contributed by atoms with Gasteiger partial charge in [-0.2, -0.15) is 5.10 Å². The molecule has 27 heavy (non-hydrogen) atoms. The summed E-state index contributed by atoms with van der Waals surface area (Å²) in [6.07, 6.45) is 4.41. The van der Waals surface area contributed by atoms with E-state index in [1.165, 1.54) is 29.7 Å². The van der Waals surface area contributed by atoms with Crippen molar-refractivity contribution < 1.29 is 0 Å². The van der Waals surface area contributed by atoms with E-state index in [1.54, 1.807) is 7.05 Å². The maximum absolute atomic E-state index is 4.51. The van der Waals surface area contributed by atoms with Crippen LogP contribution >= 0.6 is 24.0 Å². The number of pyridine rings is 1. The zero-order chi connectivity index (χ0) is 18.5. The van der Waals surface area contributed by atoms with Crippen LogP contribution in [0.3, 0.4) is 0 Å². The minimum absolute atomic E-state index is 0. The molecule has 1 saturated heterocycles. The van der Waals surface area contributed by atoms with Crippen molar-refractivity contribution in [2.75, 3.05) is 25.0 Å². The first-order valence-corrected chi connectivity index (χ1v) is 9.22. The summed E-state index contributed by atoms with van der Waals surface area (Å²) in [5.74, 6) is 1.86. The van der Waals surface area contributed by atoms with E-state index in [2.05, 4.69) is 49.7 Å². The van der Waals surface area contributed by atoms with Gasteiger partial charge in [-0.05, 0) is 44.4 Å². The average molecular weight is 483 g/mol. The van der Waals surface area contributed by atoms with Gasteiger partial charge in [-0.15, -0.1) is 24.0 Å². The zero-order valence-corrected chi connectivity index (χ0v) is 18.9. The standard InChI is InChI=1S/C19H29N7.HI/c1-14-17(15(2)25(4)24-14)13-23-19(20-3)22-12-16-7-8-21-18(11-16)26-9-5-6-10-26;/h7-8,11H,5-6,9-10,12-13H2,1-4H3,(H2,20,22,23);1H. The van der Waals surface area contributed by atoms with Crippen LogP contribution in [-0.2, 0) is 20.1 Å². The summed E-state index contributed by atoms with van der Waals surface area (Å²) in [5.41, 5.74) is 4.65. The lowest BCUT2D eigenvalue weighted by atomic mass is 10.2. The van der Waals surface area contributed by atoms with Crippen LogP contribution in [0.2, 0.25) is 0 Å². The number of rotatable bonds is 5. The van der Waals surface area contributed by atoms with Crippen molar-refractivity contribution in [1.82, 2.24) is 25.4 Å². The molecule has 148 valence electrons. The van der Waals surface area contributed by atoms with E-state index in [9.17, 15) is 0 Å². The molecular formula is C19H30IN7. The van der Waals surface area contributed by atoms with Gasteiger partial charge in [0.1, 0.15) is 5.82 Å². The highest BCUT2D eigenvalue weighted by molar-refractivity contribution is 14.0. The van der Waals surface area contributed by atoms with Gasteiger partial charge < -0.3 is 15.5 Å². The highest BCUT2D eigenvalue weighted by Gasteiger charge is 2.14. The van der Waals surface area contributed by atoms with Crippen molar-refractivity contribution in [3.8, 4) is 0 Å². The monoisotopic (exact) mass is 483 g/mol. The van der Waals surface area contributed by atoms with Gasteiger partial charge in [0.05, 0.1) is 5.69 Å². The molecule has 2 aromatic rings. The fourth-order valence-corrected chi connectivity index (χ4v) is 3.34. The molecule has 0 amide bonds. The van der Waals surface area contributed by atoms with Gasteiger partial charge in [-0.3, -0.25) is 9.67 Å².